The van der Waals surface area contributed by atoms with Crippen LogP contribution in [-0.2, 0) is 13.1 Å². The normalized spacial score (nSPS) is 11.7. The van der Waals surface area contributed by atoms with Crippen molar-refractivity contribution in [3.63, 3.8) is 0 Å². The Balaban J connectivity index is 1.87. The van der Waals surface area contributed by atoms with Gasteiger partial charge in [0.2, 0.25) is 0 Å². The van der Waals surface area contributed by atoms with E-state index < -0.39 is 8.07 Å². The highest BCUT2D eigenvalue weighted by molar-refractivity contribution is 6.88. The fraction of sp³-hybridized carbons (Fsp3) is 0.357. The highest BCUT2D eigenvalue weighted by atomic mass is 28.3. The first-order valence-corrected chi connectivity index (χ1v) is 9.75. The highest BCUT2D eigenvalue weighted by Crippen LogP contribution is 2.05. The zero-order valence-corrected chi connectivity index (χ0v) is 12.2. The van der Waals surface area contributed by atoms with E-state index in [4.69, 9.17) is 4.52 Å². The Hall–Kier alpha value is -1.39. The van der Waals surface area contributed by atoms with Crippen molar-refractivity contribution >= 4 is 13.3 Å². The molecule has 1 N–H and O–H groups in total. The van der Waals surface area contributed by atoms with Crippen molar-refractivity contribution in [1.29, 1.82) is 0 Å². The topological polar surface area (TPSA) is 38.1 Å². The standard InChI is InChI=1S/C14H20N2OSi/c1-18(2,3)14-6-4-12(5-7-14)10-15-11-13-8-9-17-16-13/h4-9,15H,10-11H2,1-3H3. The Kier molecular flexibility index (Phi) is 3.99. The third-order valence-corrected chi connectivity index (χ3v) is 5.01. The minimum Gasteiger partial charge on any atom is -0.364 e. The van der Waals surface area contributed by atoms with Crippen LogP contribution in [0.2, 0.25) is 19.6 Å². The van der Waals surface area contributed by atoms with Crippen LogP contribution in [0.1, 0.15) is 11.3 Å². The summed E-state index contributed by atoms with van der Waals surface area (Å²) in [4.78, 5) is 0. The molecule has 2 aromatic rings. The van der Waals surface area contributed by atoms with Crippen molar-refractivity contribution in [3.8, 4) is 0 Å². The molecule has 0 spiro atoms. The molecule has 1 aromatic heterocycles. The first-order chi connectivity index (χ1) is 8.55. The van der Waals surface area contributed by atoms with Crippen molar-refractivity contribution in [1.82, 2.24) is 10.5 Å². The molecule has 0 aliphatic heterocycles. The van der Waals surface area contributed by atoms with E-state index in [1.807, 2.05) is 6.07 Å². The zero-order valence-electron chi connectivity index (χ0n) is 11.2. The van der Waals surface area contributed by atoms with Crippen LogP contribution in [0.25, 0.3) is 0 Å². The Morgan fingerprint density at radius 2 is 1.78 bits per heavy atom. The van der Waals surface area contributed by atoms with Gasteiger partial charge in [0.25, 0.3) is 0 Å². The SMILES string of the molecule is C[Si](C)(C)c1ccc(CNCc2ccon2)cc1. The summed E-state index contributed by atoms with van der Waals surface area (Å²) in [5, 5.41) is 8.72. The Labute approximate surface area is 109 Å². The van der Waals surface area contributed by atoms with Gasteiger partial charge in [-0.3, -0.25) is 0 Å². The predicted octanol–water partition coefficient (Wildman–Crippen LogP) is 2.51. The second kappa shape index (κ2) is 5.50. The fourth-order valence-corrected chi connectivity index (χ4v) is 2.95. The molecule has 0 atom stereocenters. The molecule has 0 bridgehead atoms. The number of benzene rings is 1. The van der Waals surface area contributed by atoms with Crippen molar-refractivity contribution in [3.05, 3.63) is 47.9 Å². The molecular formula is C14H20N2OSi. The van der Waals surface area contributed by atoms with E-state index in [0.717, 1.165) is 18.8 Å². The lowest BCUT2D eigenvalue weighted by Gasteiger charge is -2.16. The predicted molar refractivity (Wildman–Crippen MR) is 76.5 cm³/mol. The van der Waals surface area contributed by atoms with Gasteiger partial charge in [-0.1, -0.05) is 54.2 Å². The van der Waals surface area contributed by atoms with Crippen molar-refractivity contribution in [2.45, 2.75) is 32.7 Å². The largest absolute Gasteiger partial charge is 0.364 e. The maximum absolute atomic E-state index is 4.79. The number of nitrogens with one attached hydrogen (secondary N) is 1. The van der Waals surface area contributed by atoms with Crippen LogP contribution < -0.4 is 10.5 Å². The van der Waals surface area contributed by atoms with Crippen LogP contribution in [0.15, 0.2) is 41.1 Å². The summed E-state index contributed by atoms with van der Waals surface area (Å²) in [6.45, 7) is 8.70. The van der Waals surface area contributed by atoms with E-state index in [1.54, 1.807) is 6.26 Å². The van der Waals surface area contributed by atoms with E-state index >= 15 is 0 Å². The molecule has 1 aromatic carbocycles. The van der Waals surface area contributed by atoms with Crippen LogP contribution in [0.3, 0.4) is 0 Å². The van der Waals surface area contributed by atoms with Crippen LogP contribution in [-0.4, -0.2) is 13.2 Å². The Morgan fingerprint density at radius 3 is 2.33 bits per heavy atom. The van der Waals surface area contributed by atoms with E-state index in [-0.39, 0.29) is 0 Å². The van der Waals surface area contributed by atoms with Gasteiger partial charge in [-0.2, -0.15) is 0 Å². The maximum atomic E-state index is 4.79. The van der Waals surface area contributed by atoms with Gasteiger partial charge in [0.05, 0.1) is 13.8 Å². The summed E-state index contributed by atoms with van der Waals surface area (Å²) in [6.07, 6.45) is 1.60. The van der Waals surface area contributed by atoms with Crippen LogP contribution in [0, 0.1) is 0 Å². The molecule has 0 saturated carbocycles. The van der Waals surface area contributed by atoms with E-state index in [2.05, 4.69) is 54.4 Å². The molecule has 4 heteroatoms. The molecular weight excluding hydrogens is 240 g/mol. The fourth-order valence-electron chi connectivity index (χ4n) is 1.79. The third-order valence-electron chi connectivity index (χ3n) is 2.95. The van der Waals surface area contributed by atoms with Gasteiger partial charge in [0.15, 0.2) is 0 Å². The molecule has 96 valence electrons. The van der Waals surface area contributed by atoms with Crippen molar-refractivity contribution < 1.29 is 4.52 Å². The molecule has 0 radical (unpaired) electrons. The first kappa shape index (κ1) is 13.0. The minimum atomic E-state index is -1.17. The molecule has 0 aliphatic carbocycles. The molecule has 3 nitrogen and oxygen atoms in total. The summed E-state index contributed by atoms with van der Waals surface area (Å²) in [5.41, 5.74) is 2.24. The van der Waals surface area contributed by atoms with Crippen LogP contribution >= 0.6 is 0 Å². The van der Waals surface area contributed by atoms with Crippen molar-refractivity contribution in [2.24, 2.45) is 0 Å². The summed E-state index contributed by atoms with van der Waals surface area (Å²) in [7, 11) is -1.17. The van der Waals surface area contributed by atoms with Crippen LogP contribution in [0.5, 0.6) is 0 Å². The lowest BCUT2D eigenvalue weighted by Crippen LogP contribution is -2.37. The van der Waals surface area contributed by atoms with E-state index in [1.165, 1.54) is 10.8 Å². The monoisotopic (exact) mass is 260 g/mol. The van der Waals surface area contributed by atoms with Gasteiger partial charge in [-0.25, -0.2) is 0 Å². The molecule has 2 rings (SSSR count). The van der Waals surface area contributed by atoms with Gasteiger partial charge in [-0.05, 0) is 5.56 Å². The Morgan fingerprint density at radius 1 is 1.06 bits per heavy atom. The van der Waals surface area contributed by atoms with Gasteiger partial charge >= 0.3 is 0 Å². The second-order valence-electron chi connectivity index (χ2n) is 5.54. The first-order valence-electron chi connectivity index (χ1n) is 6.25. The maximum Gasteiger partial charge on any atom is 0.124 e. The van der Waals surface area contributed by atoms with Gasteiger partial charge < -0.3 is 9.84 Å². The lowest BCUT2D eigenvalue weighted by molar-refractivity contribution is 0.408. The second-order valence-corrected chi connectivity index (χ2v) is 10.6. The third kappa shape index (κ3) is 3.55. The van der Waals surface area contributed by atoms with Gasteiger partial charge in [0.1, 0.15) is 6.26 Å². The smallest absolute Gasteiger partial charge is 0.124 e. The number of nitrogens with zero attached hydrogens (tertiary/aromatic N) is 1. The van der Waals surface area contributed by atoms with Crippen LogP contribution in [0.4, 0.5) is 0 Å². The molecule has 18 heavy (non-hydrogen) atoms. The molecule has 0 amide bonds. The lowest BCUT2D eigenvalue weighted by atomic mass is 10.2. The molecule has 0 unspecified atom stereocenters. The minimum absolute atomic E-state index is 0.742. The quantitative estimate of drug-likeness (QED) is 0.840. The Bertz CT molecular complexity index is 471. The molecule has 0 saturated heterocycles. The molecule has 0 aliphatic rings. The number of aromatic nitrogens is 1. The summed E-state index contributed by atoms with van der Waals surface area (Å²) in [6, 6.07) is 10.8. The highest BCUT2D eigenvalue weighted by Gasteiger charge is 2.15. The molecule has 1 heterocycles. The average molecular weight is 260 g/mol. The summed E-state index contributed by atoms with van der Waals surface area (Å²) >= 11 is 0. The summed E-state index contributed by atoms with van der Waals surface area (Å²) in [5.74, 6) is 0. The van der Waals surface area contributed by atoms with Crippen molar-refractivity contribution in [2.75, 3.05) is 0 Å². The van der Waals surface area contributed by atoms with Gasteiger partial charge in [-0.15, -0.1) is 0 Å². The number of rotatable bonds is 5. The zero-order chi connectivity index (χ0) is 13.0. The van der Waals surface area contributed by atoms with E-state index in [9.17, 15) is 0 Å². The number of hydrogen-bond donors (Lipinski definition) is 1. The summed E-state index contributed by atoms with van der Waals surface area (Å²) < 4.78 is 4.79. The van der Waals surface area contributed by atoms with Gasteiger partial charge in [0, 0.05) is 19.2 Å². The van der Waals surface area contributed by atoms with E-state index in [0.29, 0.717) is 0 Å². The average Bonchev–Trinajstić information content (AvgIpc) is 2.82. The number of hydrogen-bond acceptors (Lipinski definition) is 3. The molecule has 0 fully saturated rings.